The van der Waals surface area contributed by atoms with Crippen LogP contribution in [0.2, 0.25) is 0 Å². The third kappa shape index (κ3) is 1.55. The Kier molecular flexibility index (Phi) is 2.38. The van der Waals surface area contributed by atoms with Crippen molar-refractivity contribution in [3.8, 4) is 5.75 Å². The predicted octanol–water partition coefficient (Wildman–Crippen LogP) is 5.00. The lowest BCUT2D eigenvalue weighted by atomic mass is 9.98. The van der Waals surface area contributed by atoms with E-state index < -0.39 is 0 Å². The molecule has 0 fully saturated rings. The van der Waals surface area contributed by atoms with Gasteiger partial charge < -0.3 is 4.89 Å². The zero-order chi connectivity index (χ0) is 13.5. The van der Waals surface area contributed by atoms with Crippen LogP contribution in [0.4, 0.5) is 0 Å². The van der Waals surface area contributed by atoms with Crippen LogP contribution in [0.3, 0.4) is 0 Å². The molecule has 0 bridgehead atoms. The first-order valence-corrected chi connectivity index (χ1v) is 6.52. The molecule has 0 radical (unpaired) electrons. The molecule has 4 aromatic rings. The van der Waals surface area contributed by atoms with Crippen molar-refractivity contribution in [3.05, 3.63) is 66.7 Å². The Morgan fingerprint density at radius 3 is 2.00 bits per heavy atom. The highest BCUT2D eigenvalue weighted by molar-refractivity contribution is 6.14. The number of rotatable bonds is 1. The molecule has 2 heteroatoms. The van der Waals surface area contributed by atoms with Crippen molar-refractivity contribution in [3.63, 3.8) is 0 Å². The summed E-state index contributed by atoms with van der Waals surface area (Å²) in [4.78, 5) is 4.55. The highest BCUT2D eigenvalue weighted by Gasteiger charge is 2.08. The summed E-state index contributed by atoms with van der Waals surface area (Å²) in [7, 11) is 0. The minimum absolute atomic E-state index is 0.489. The zero-order valence-corrected chi connectivity index (χ0v) is 10.7. The highest BCUT2D eigenvalue weighted by Crippen LogP contribution is 2.35. The molecule has 0 saturated carbocycles. The summed E-state index contributed by atoms with van der Waals surface area (Å²) in [6.07, 6.45) is 0. The maximum absolute atomic E-state index is 9.11. The molecule has 4 rings (SSSR count). The molecule has 20 heavy (non-hydrogen) atoms. The van der Waals surface area contributed by atoms with Gasteiger partial charge in [0.15, 0.2) is 5.75 Å². The lowest BCUT2D eigenvalue weighted by molar-refractivity contribution is -0.136. The fourth-order valence-corrected chi connectivity index (χ4v) is 2.84. The van der Waals surface area contributed by atoms with Crippen molar-refractivity contribution in [2.45, 2.75) is 0 Å². The van der Waals surface area contributed by atoms with Gasteiger partial charge in [0, 0.05) is 5.39 Å². The molecule has 0 atom stereocenters. The quantitative estimate of drug-likeness (QED) is 0.226. The van der Waals surface area contributed by atoms with Gasteiger partial charge in [0.1, 0.15) is 0 Å². The monoisotopic (exact) mass is 260 g/mol. The van der Waals surface area contributed by atoms with Gasteiger partial charge in [-0.25, -0.2) is 5.26 Å². The molecule has 0 aromatic heterocycles. The number of benzene rings is 4. The van der Waals surface area contributed by atoms with Crippen LogP contribution in [0.5, 0.6) is 5.75 Å². The van der Waals surface area contributed by atoms with Gasteiger partial charge in [0.05, 0.1) is 0 Å². The number of hydrogen-bond donors (Lipinski definition) is 1. The van der Waals surface area contributed by atoms with Crippen molar-refractivity contribution in [1.82, 2.24) is 0 Å². The Hall–Kier alpha value is -2.58. The Morgan fingerprint density at radius 1 is 0.600 bits per heavy atom. The molecule has 0 spiro atoms. The Bertz CT molecular complexity index is 942. The molecule has 4 aromatic carbocycles. The van der Waals surface area contributed by atoms with Gasteiger partial charge in [0.25, 0.3) is 0 Å². The average molecular weight is 260 g/mol. The Morgan fingerprint density at radius 2 is 1.25 bits per heavy atom. The maximum Gasteiger partial charge on any atom is 0.173 e. The van der Waals surface area contributed by atoms with Crippen LogP contribution >= 0.6 is 0 Å². The van der Waals surface area contributed by atoms with Crippen LogP contribution in [0, 0.1) is 0 Å². The average Bonchev–Trinajstić information content (AvgIpc) is 2.52. The smallest absolute Gasteiger partial charge is 0.173 e. The van der Waals surface area contributed by atoms with Gasteiger partial charge >= 0.3 is 0 Å². The lowest BCUT2D eigenvalue weighted by Gasteiger charge is -2.09. The van der Waals surface area contributed by atoms with E-state index in [0.717, 1.165) is 16.2 Å². The van der Waals surface area contributed by atoms with E-state index in [2.05, 4.69) is 35.2 Å². The van der Waals surface area contributed by atoms with E-state index in [-0.39, 0.29) is 0 Å². The molecule has 0 aliphatic carbocycles. The van der Waals surface area contributed by atoms with Crippen LogP contribution in [-0.2, 0) is 0 Å². The van der Waals surface area contributed by atoms with Gasteiger partial charge in [-0.1, -0.05) is 48.5 Å². The van der Waals surface area contributed by atoms with E-state index in [4.69, 9.17) is 5.26 Å². The summed E-state index contributed by atoms with van der Waals surface area (Å²) >= 11 is 0. The van der Waals surface area contributed by atoms with Crippen LogP contribution in [0.25, 0.3) is 32.3 Å². The Balaban J connectivity index is 2.25. The molecular formula is C18H12O2. The molecule has 0 saturated heterocycles. The second-order valence-corrected chi connectivity index (χ2v) is 4.93. The Labute approximate surface area is 115 Å². The fraction of sp³-hybridized carbons (Fsp3) is 0. The molecular weight excluding hydrogens is 248 g/mol. The van der Waals surface area contributed by atoms with Crippen molar-refractivity contribution >= 4 is 32.3 Å². The molecule has 0 unspecified atom stereocenters. The number of hydrogen-bond acceptors (Lipinski definition) is 2. The van der Waals surface area contributed by atoms with E-state index in [1.807, 2.05) is 36.4 Å². The summed E-state index contributed by atoms with van der Waals surface area (Å²) in [5.41, 5.74) is 0. The van der Waals surface area contributed by atoms with Crippen LogP contribution < -0.4 is 4.89 Å². The highest BCUT2D eigenvalue weighted by atomic mass is 17.1. The second-order valence-electron chi connectivity index (χ2n) is 4.93. The van der Waals surface area contributed by atoms with Gasteiger partial charge in [0.2, 0.25) is 0 Å². The molecule has 0 aliphatic rings. The first-order chi connectivity index (χ1) is 9.86. The molecule has 2 nitrogen and oxygen atoms in total. The molecule has 0 aliphatic heterocycles. The van der Waals surface area contributed by atoms with Crippen molar-refractivity contribution in [2.75, 3.05) is 0 Å². The summed E-state index contributed by atoms with van der Waals surface area (Å²) in [5, 5.41) is 15.7. The first kappa shape index (κ1) is 11.3. The number of fused-ring (bicyclic) bond motifs is 4. The van der Waals surface area contributed by atoms with Crippen LogP contribution in [0.1, 0.15) is 0 Å². The largest absolute Gasteiger partial charge is 0.340 e. The summed E-state index contributed by atoms with van der Waals surface area (Å²) in [6, 6.07) is 22.4. The normalized spacial score (nSPS) is 11.2. The molecule has 96 valence electrons. The SMILES string of the molecule is OOc1cc2cc3ccccc3cc2c2ccccc12. The molecule has 1 N–H and O–H groups in total. The summed E-state index contributed by atoms with van der Waals surface area (Å²) < 4.78 is 0. The van der Waals surface area contributed by atoms with Crippen LogP contribution in [0.15, 0.2) is 66.7 Å². The first-order valence-electron chi connectivity index (χ1n) is 6.52. The third-order valence-electron chi connectivity index (χ3n) is 3.79. The van der Waals surface area contributed by atoms with Crippen molar-refractivity contribution < 1.29 is 10.1 Å². The van der Waals surface area contributed by atoms with Gasteiger partial charge in [-0.2, -0.15) is 0 Å². The van der Waals surface area contributed by atoms with E-state index >= 15 is 0 Å². The van der Waals surface area contributed by atoms with Gasteiger partial charge in [-0.3, -0.25) is 0 Å². The van der Waals surface area contributed by atoms with E-state index in [0.29, 0.717) is 5.75 Å². The summed E-state index contributed by atoms with van der Waals surface area (Å²) in [5.74, 6) is 0.489. The van der Waals surface area contributed by atoms with E-state index in [9.17, 15) is 0 Å². The third-order valence-corrected chi connectivity index (χ3v) is 3.79. The molecule has 0 amide bonds. The minimum Gasteiger partial charge on any atom is -0.340 e. The summed E-state index contributed by atoms with van der Waals surface area (Å²) in [6.45, 7) is 0. The standard InChI is InChI=1S/C18H12O2/c19-20-18-11-14-9-12-5-1-2-6-13(12)10-17(14)15-7-3-4-8-16(15)18/h1-11,19H. The zero-order valence-electron chi connectivity index (χ0n) is 10.7. The maximum atomic E-state index is 9.11. The topological polar surface area (TPSA) is 29.5 Å². The second kappa shape index (κ2) is 4.22. The minimum atomic E-state index is 0.489. The van der Waals surface area contributed by atoms with E-state index in [1.165, 1.54) is 16.2 Å². The fourth-order valence-electron chi connectivity index (χ4n) is 2.84. The van der Waals surface area contributed by atoms with E-state index in [1.54, 1.807) is 0 Å². The van der Waals surface area contributed by atoms with Crippen molar-refractivity contribution in [1.29, 1.82) is 0 Å². The van der Waals surface area contributed by atoms with Gasteiger partial charge in [-0.15, -0.1) is 0 Å². The van der Waals surface area contributed by atoms with Gasteiger partial charge in [-0.05, 0) is 45.1 Å². The van der Waals surface area contributed by atoms with Crippen molar-refractivity contribution in [2.24, 2.45) is 0 Å². The molecule has 0 heterocycles. The lowest BCUT2D eigenvalue weighted by Crippen LogP contribution is -1.87. The predicted molar refractivity (Wildman–Crippen MR) is 82.2 cm³/mol. The van der Waals surface area contributed by atoms with Crippen LogP contribution in [-0.4, -0.2) is 5.26 Å².